The molecule has 0 atom stereocenters. The Morgan fingerprint density at radius 3 is 2.69 bits per heavy atom. The van der Waals surface area contributed by atoms with Crippen LogP contribution in [0.2, 0.25) is 0 Å². The van der Waals surface area contributed by atoms with Gasteiger partial charge in [-0.1, -0.05) is 25.5 Å². The SMILES string of the molecule is CC1=CCN(CC(C)(C)CN)CC1. The number of hydrogen-bond acceptors (Lipinski definition) is 2. The molecule has 0 saturated heterocycles. The molecule has 1 aliphatic heterocycles. The van der Waals surface area contributed by atoms with Crippen molar-refractivity contribution in [3.05, 3.63) is 11.6 Å². The van der Waals surface area contributed by atoms with Gasteiger partial charge in [-0.3, -0.25) is 4.90 Å². The second kappa shape index (κ2) is 4.25. The van der Waals surface area contributed by atoms with Gasteiger partial charge in [-0.05, 0) is 25.3 Å². The van der Waals surface area contributed by atoms with Gasteiger partial charge >= 0.3 is 0 Å². The smallest absolute Gasteiger partial charge is 0.0166 e. The lowest BCUT2D eigenvalue weighted by atomic mass is 9.92. The maximum absolute atomic E-state index is 5.71. The van der Waals surface area contributed by atoms with Crippen molar-refractivity contribution in [2.45, 2.75) is 27.2 Å². The van der Waals surface area contributed by atoms with Gasteiger partial charge in [-0.25, -0.2) is 0 Å². The summed E-state index contributed by atoms with van der Waals surface area (Å²) in [5.41, 5.74) is 7.50. The van der Waals surface area contributed by atoms with Crippen molar-refractivity contribution in [2.24, 2.45) is 11.1 Å². The summed E-state index contributed by atoms with van der Waals surface area (Å²) in [6, 6.07) is 0. The maximum atomic E-state index is 5.71. The molecule has 2 nitrogen and oxygen atoms in total. The zero-order chi connectivity index (χ0) is 9.90. The molecule has 0 radical (unpaired) electrons. The highest BCUT2D eigenvalue weighted by atomic mass is 15.1. The predicted octanol–water partition coefficient (Wildman–Crippen LogP) is 1.62. The van der Waals surface area contributed by atoms with Crippen molar-refractivity contribution in [1.82, 2.24) is 4.90 Å². The van der Waals surface area contributed by atoms with Gasteiger partial charge in [-0.15, -0.1) is 0 Å². The van der Waals surface area contributed by atoms with Gasteiger partial charge in [0, 0.05) is 19.6 Å². The van der Waals surface area contributed by atoms with Crippen molar-refractivity contribution < 1.29 is 0 Å². The van der Waals surface area contributed by atoms with Crippen LogP contribution in [0.3, 0.4) is 0 Å². The van der Waals surface area contributed by atoms with Crippen LogP contribution in [-0.4, -0.2) is 31.1 Å². The molecule has 0 bridgehead atoms. The molecule has 1 rings (SSSR count). The van der Waals surface area contributed by atoms with E-state index in [1.807, 2.05) is 0 Å². The summed E-state index contributed by atoms with van der Waals surface area (Å²) in [4.78, 5) is 2.49. The highest BCUT2D eigenvalue weighted by molar-refractivity contribution is 5.04. The first-order chi connectivity index (χ1) is 6.03. The minimum Gasteiger partial charge on any atom is -0.330 e. The lowest BCUT2D eigenvalue weighted by Crippen LogP contribution is -2.40. The first-order valence-electron chi connectivity index (χ1n) is 5.11. The molecule has 0 unspecified atom stereocenters. The molecule has 1 aliphatic rings. The van der Waals surface area contributed by atoms with Crippen LogP contribution in [0.25, 0.3) is 0 Å². The highest BCUT2D eigenvalue weighted by Crippen LogP contribution is 2.18. The third-order valence-corrected chi connectivity index (χ3v) is 2.72. The Hall–Kier alpha value is -0.340. The van der Waals surface area contributed by atoms with Crippen LogP contribution in [0.5, 0.6) is 0 Å². The Balaban J connectivity index is 2.39. The van der Waals surface area contributed by atoms with E-state index < -0.39 is 0 Å². The summed E-state index contributed by atoms with van der Waals surface area (Å²) in [5, 5.41) is 0. The fourth-order valence-electron chi connectivity index (χ4n) is 1.63. The molecule has 2 heteroatoms. The quantitative estimate of drug-likeness (QED) is 0.672. The maximum Gasteiger partial charge on any atom is 0.0166 e. The van der Waals surface area contributed by atoms with Crippen molar-refractivity contribution in [1.29, 1.82) is 0 Å². The van der Waals surface area contributed by atoms with Crippen molar-refractivity contribution in [3.8, 4) is 0 Å². The Bertz CT molecular complexity index is 194. The minimum atomic E-state index is 0.263. The third-order valence-electron chi connectivity index (χ3n) is 2.72. The van der Waals surface area contributed by atoms with Crippen LogP contribution in [-0.2, 0) is 0 Å². The first kappa shape index (κ1) is 10.7. The summed E-state index contributed by atoms with van der Waals surface area (Å²) in [7, 11) is 0. The third kappa shape index (κ3) is 3.49. The molecule has 0 aliphatic carbocycles. The Morgan fingerprint density at radius 2 is 2.23 bits per heavy atom. The summed E-state index contributed by atoms with van der Waals surface area (Å²) >= 11 is 0. The van der Waals surface area contributed by atoms with Gasteiger partial charge in [0.25, 0.3) is 0 Å². The van der Waals surface area contributed by atoms with Gasteiger partial charge in [0.05, 0.1) is 0 Å². The standard InChI is InChI=1S/C11H22N2/c1-10-4-6-13(7-5-10)9-11(2,3)8-12/h4H,5-9,12H2,1-3H3. The van der Waals surface area contributed by atoms with Gasteiger partial charge in [0.1, 0.15) is 0 Å². The Kier molecular flexibility index (Phi) is 3.51. The fourth-order valence-corrected chi connectivity index (χ4v) is 1.63. The molecule has 0 spiro atoms. The van der Waals surface area contributed by atoms with E-state index in [1.54, 1.807) is 0 Å². The van der Waals surface area contributed by atoms with E-state index >= 15 is 0 Å². The molecule has 0 saturated carbocycles. The van der Waals surface area contributed by atoms with Crippen LogP contribution in [0.4, 0.5) is 0 Å². The lowest BCUT2D eigenvalue weighted by Gasteiger charge is -2.33. The summed E-state index contributed by atoms with van der Waals surface area (Å²) in [6.45, 7) is 10.9. The number of nitrogens with two attached hydrogens (primary N) is 1. The van der Waals surface area contributed by atoms with E-state index in [1.165, 1.54) is 18.5 Å². The van der Waals surface area contributed by atoms with E-state index in [-0.39, 0.29) is 5.41 Å². The molecular weight excluding hydrogens is 160 g/mol. The predicted molar refractivity (Wildman–Crippen MR) is 57.6 cm³/mol. The second-order valence-electron chi connectivity index (χ2n) is 4.90. The molecule has 13 heavy (non-hydrogen) atoms. The zero-order valence-electron chi connectivity index (χ0n) is 9.14. The average molecular weight is 182 g/mol. The molecule has 2 N–H and O–H groups in total. The number of rotatable bonds is 3. The molecule has 1 heterocycles. The molecule has 0 aromatic heterocycles. The summed E-state index contributed by atoms with van der Waals surface area (Å²) in [6.07, 6.45) is 3.55. The van der Waals surface area contributed by atoms with Crippen molar-refractivity contribution >= 4 is 0 Å². The molecule has 0 amide bonds. The summed E-state index contributed by atoms with van der Waals surface area (Å²) in [5.74, 6) is 0. The molecule has 0 aromatic carbocycles. The molecule has 0 fully saturated rings. The van der Waals surface area contributed by atoms with Crippen LogP contribution in [0, 0.1) is 5.41 Å². The molecule has 76 valence electrons. The number of hydrogen-bond donors (Lipinski definition) is 1. The zero-order valence-corrected chi connectivity index (χ0v) is 9.14. The topological polar surface area (TPSA) is 29.3 Å². The molecule has 0 aromatic rings. The normalized spacial score (nSPS) is 20.2. The van der Waals surface area contributed by atoms with E-state index in [0.717, 1.165) is 19.6 Å². The van der Waals surface area contributed by atoms with Gasteiger partial charge < -0.3 is 5.73 Å². The van der Waals surface area contributed by atoms with Gasteiger partial charge in [-0.2, -0.15) is 0 Å². The van der Waals surface area contributed by atoms with Crippen molar-refractivity contribution in [2.75, 3.05) is 26.2 Å². The second-order valence-corrected chi connectivity index (χ2v) is 4.90. The monoisotopic (exact) mass is 182 g/mol. The van der Waals surface area contributed by atoms with Gasteiger partial charge in [0.2, 0.25) is 0 Å². The highest BCUT2D eigenvalue weighted by Gasteiger charge is 2.20. The van der Waals surface area contributed by atoms with E-state index in [4.69, 9.17) is 5.73 Å². The minimum absolute atomic E-state index is 0.263. The molecular formula is C11H22N2. The largest absolute Gasteiger partial charge is 0.330 e. The van der Waals surface area contributed by atoms with Crippen LogP contribution >= 0.6 is 0 Å². The summed E-state index contributed by atoms with van der Waals surface area (Å²) < 4.78 is 0. The Labute approximate surface area is 81.8 Å². The van der Waals surface area contributed by atoms with Gasteiger partial charge in [0.15, 0.2) is 0 Å². The van der Waals surface area contributed by atoms with Crippen molar-refractivity contribution in [3.63, 3.8) is 0 Å². The van der Waals surface area contributed by atoms with Crippen LogP contribution < -0.4 is 5.73 Å². The number of nitrogens with zero attached hydrogens (tertiary/aromatic N) is 1. The fraction of sp³-hybridized carbons (Fsp3) is 0.818. The van der Waals surface area contributed by atoms with E-state index in [0.29, 0.717) is 0 Å². The Morgan fingerprint density at radius 1 is 1.54 bits per heavy atom. The van der Waals surface area contributed by atoms with E-state index in [2.05, 4.69) is 31.7 Å². The first-order valence-corrected chi connectivity index (χ1v) is 5.11. The van der Waals surface area contributed by atoms with Crippen LogP contribution in [0.1, 0.15) is 27.2 Å². The lowest BCUT2D eigenvalue weighted by molar-refractivity contribution is 0.194. The van der Waals surface area contributed by atoms with Crippen LogP contribution in [0.15, 0.2) is 11.6 Å². The average Bonchev–Trinajstić information content (AvgIpc) is 2.09. The van der Waals surface area contributed by atoms with E-state index in [9.17, 15) is 0 Å².